The molecule has 0 bridgehead atoms. The summed E-state index contributed by atoms with van der Waals surface area (Å²) >= 11 is 0. The van der Waals surface area contributed by atoms with Crippen molar-refractivity contribution in [2.45, 2.75) is 6.61 Å². The second-order valence-corrected chi connectivity index (χ2v) is 3.54. The molecule has 0 amide bonds. The van der Waals surface area contributed by atoms with Gasteiger partial charge in [-0.2, -0.15) is 19.3 Å². The van der Waals surface area contributed by atoms with E-state index in [0.29, 0.717) is 0 Å². The number of halogens is 3. The first-order chi connectivity index (χ1) is 10.1. The Morgan fingerprint density at radius 3 is 2.90 bits per heavy atom. The van der Waals surface area contributed by atoms with E-state index in [9.17, 15) is 13.2 Å². The van der Waals surface area contributed by atoms with Gasteiger partial charge in [0.2, 0.25) is 5.82 Å². The molecule has 2 aromatic rings. The SMILES string of the molecule is N#CC(=CNc1cccc(F)c1OC(F)F)c1nn[nH]n1. The number of nitrogens with one attached hydrogen (secondary N) is 2. The molecule has 108 valence electrons. The highest BCUT2D eigenvalue weighted by Crippen LogP contribution is 2.29. The van der Waals surface area contributed by atoms with Gasteiger partial charge in [-0.25, -0.2) is 4.39 Å². The van der Waals surface area contributed by atoms with Crippen LogP contribution in [0.25, 0.3) is 5.57 Å². The number of aromatic nitrogens is 4. The second-order valence-electron chi connectivity index (χ2n) is 3.54. The zero-order valence-corrected chi connectivity index (χ0v) is 10.2. The van der Waals surface area contributed by atoms with E-state index in [1.807, 2.05) is 0 Å². The number of hydrogen-bond acceptors (Lipinski definition) is 6. The standard InChI is InChI=1S/C11H7F3N6O/c12-7-2-1-3-8(9(7)21-11(13)14)16-5-6(4-15)10-17-19-20-18-10/h1-3,5,11,16H,(H,17,18,19,20). The van der Waals surface area contributed by atoms with Crippen LogP contribution in [0, 0.1) is 17.1 Å². The molecule has 0 fully saturated rings. The van der Waals surface area contributed by atoms with Crippen molar-refractivity contribution in [2.24, 2.45) is 0 Å². The van der Waals surface area contributed by atoms with Gasteiger partial charge < -0.3 is 10.1 Å². The summed E-state index contributed by atoms with van der Waals surface area (Å²) in [5.74, 6) is -1.63. The Hall–Kier alpha value is -3.09. The van der Waals surface area contributed by atoms with Crippen LogP contribution in [0.2, 0.25) is 0 Å². The van der Waals surface area contributed by atoms with Gasteiger partial charge in [-0.1, -0.05) is 6.07 Å². The molecule has 0 radical (unpaired) electrons. The van der Waals surface area contributed by atoms with E-state index in [1.165, 1.54) is 12.1 Å². The number of allylic oxidation sites excluding steroid dienone is 1. The number of alkyl halides is 2. The summed E-state index contributed by atoms with van der Waals surface area (Å²) < 4.78 is 42.1. The lowest BCUT2D eigenvalue weighted by atomic mass is 10.2. The average molecular weight is 296 g/mol. The molecule has 0 spiro atoms. The van der Waals surface area contributed by atoms with Gasteiger partial charge in [-0.05, 0) is 17.3 Å². The van der Waals surface area contributed by atoms with Gasteiger partial charge in [-0.3, -0.25) is 0 Å². The van der Waals surface area contributed by atoms with Gasteiger partial charge in [0, 0.05) is 6.20 Å². The molecule has 10 heteroatoms. The highest BCUT2D eigenvalue weighted by atomic mass is 19.3. The molecule has 0 aliphatic heterocycles. The Morgan fingerprint density at radius 1 is 1.48 bits per heavy atom. The Labute approximate surface area is 116 Å². The van der Waals surface area contributed by atoms with Crippen LogP contribution in [0.15, 0.2) is 24.4 Å². The fourth-order valence-corrected chi connectivity index (χ4v) is 1.40. The smallest absolute Gasteiger partial charge is 0.387 e. The maximum absolute atomic E-state index is 13.5. The summed E-state index contributed by atoms with van der Waals surface area (Å²) in [7, 11) is 0. The van der Waals surface area contributed by atoms with E-state index in [-0.39, 0.29) is 17.1 Å². The van der Waals surface area contributed by atoms with Gasteiger partial charge in [0.1, 0.15) is 11.6 Å². The fraction of sp³-hybridized carbons (Fsp3) is 0.0909. The summed E-state index contributed by atoms with van der Waals surface area (Å²) in [4.78, 5) is 0. The topological polar surface area (TPSA) is 99.5 Å². The number of anilines is 1. The van der Waals surface area contributed by atoms with Gasteiger partial charge in [0.25, 0.3) is 0 Å². The monoisotopic (exact) mass is 296 g/mol. The van der Waals surface area contributed by atoms with Crippen LogP contribution in [0.3, 0.4) is 0 Å². The Morgan fingerprint density at radius 2 is 2.29 bits per heavy atom. The van der Waals surface area contributed by atoms with Crippen LogP contribution in [-0.4, -0.2) is 27.2 Å². The van der Waals surface area contributed by atoms with Crippen molar-refractivity contribution in [1.29, 1.82) is 5.26 Å². The summed E-state index contributed by atoms with van der Waals surface area (Å²) in [6, 6.07) is 5.35. The van der Waals surface area contributed by atoms with Crippen molar-refractivity contribution in [1.82, 2.24) is 20.6 Å². The maximum atomic E-state index is 13.5. The van der Waals surface area contributed by atoms with E-state index < -0.39 is 18.2 Å². The number of H-pyrrole nitrogens is 1. The minimum atomic E-state index is -3.18. The van der Waals surface area contributed by atoms with Crippen LogP contribution in [-0.2, 0) is 0 Å². The molecule has 21 heavy (non-hydrogen) atoms. The molecule has 2 rings (SSSR count). The number of para-hydroxylation sites is 1. The van der Waals surface area contributed by atoms with Crippen molar-refractivity contribution < 1.29 is 17.9 Å². The summed E-state index contributed by atoms with van der Waals surface area (Å²) in [5, 5.41) is 24.0. The van der Waals surface area contributed by atoms with Crippen LogP contribution in [0.4, 0.5) is 18.9 Å². The molecule has 0 saturated carbocycles. The molecule has 0 aliphatic carbocycles. The third kappa shape index (κ3) is 3.47. The predicted molar refractivity (Wildman–Crippen MR) is 64.4 cm³/mol. The van der Waals surface area contributed by atoms with Gasteiger partial charge in [0.15, 0.2) is 11.6 Å². The van der Waals surface area contributed by atoms with Crippen LogP contribution >= 0.6 is 0 Å². The number of rotatable bonds is 5. The van der Waals surface area contributed by atoms with Crippen molar-refractivity contribution in [3.05, 3.63) is 36.0 Å². The number of tetrazole rings is 1. The number of benzene rings is 1. The average Bonchev–Trinajstić information content (AvgIpc) is 2.96. The Balaban J connectivity index is 2.27. The molecule has 1 aromatic carbocycles. The Kier molecular flexibility index (Phi) is 4.35. The minimum absolute atomic E-state index is 0.00210. The molecule has 1 aromatic heterocycles. The first-order valence-corrected chi connectivity index (χ1v) is 5.45. The van der Waals surface area contributed by atoms with Crippen molar-refractivity contribution in [3.8, 4) is 11.8 Å². The number of nitriles is 1. The van der Waals surface area contributed by atoms with E-state index >= 15 is 0 Å². The zero-order valence-electron chi connectivity index (χ0n) is 10.2. The number of hydrogen-bond donors (Lipinski definition) is 2. The number of aromatic amines is 1. The van der Waals surface area contributed by atoms with Crippen LogP contribution in [0.1, 0.15) is 5.82 Å². The minimum Gasteiger partial charge on any atom is -0.429 e. The first kappa shape index (κ1) is 14.3. The van der Waals surface area contributed by atoms with Gasteiger partial charge in [0.05, 0.1) is 5.69 Å². The second kappa shape index (κ2) is 6.38. The molecular formula is C11H7F3N6O. The molecule has 0 unspecified atom stereocenters. The van der Waals surface area contributed by atoms with Crippen molar-refractivity contribution in [3.63, 3.8) is 0 Å². The summed E-state index contributed by atoms with van der Waals surface area (Å²) in [5.41, 5.74) is -0.109. The molecular weight excluding hydrogens is 289 g/mol. The third-order valence-corrected chi connectivity index (χ3v) is 2.25. The van der Waals surface area contributed by atoms with E-state index in [1.54, 1.807) is 6.07 Å². The van der Waals surface area contributed by atoms with Crippen LogP contribution in [0.5, 0.6) is 5.75 Å². The molecule has 1 heterocycles. The molecule has 0 aliphatic rings. The molecule has 7 nitrogen and oxygen atoms in total. The molecule has 2 N–H and O–H groups in total. The lowest BCUT2D eigenvalue weighted by molar-refractivity contribution is -0.0516. The normalized spacial score (nSPS) is 11.3. The first-order valence-electron chi connectivity index (χ1n) is 5.45. The predicted octanol–water partition coefficient (Wildman–Crippen LogP) is 1.92. The lowest BCUT2D eigenvalue weighted by Crippen LogP contribution is -2.06. The summed E-state index contributed by atoms with van der Waals surface area (Å²) in [6.07, 6.45) is 1.12. The van der Waals surface area contributed by atoms with E-state index in [2.05, 4.69) is 30.7 Å². The largest absolute Gasteiger partial charge is 0.429 e. The summed E-state index contributed by atoms with van der Waals surface area (Å²) in [6.45, 7) is -3.18. The number of nitrogens with zero attached hydrogens (tertiary/aromatic N) is 4. The Bertz CT molecular complexity index is 680. The highest BCUT2D eigenvalue weighted by Gasteiger charge is 2.14. The van der Waals surface area contributed by atoms with Crippen molar-refractivity contribution >= 4 is 11.3 Å². The van der Waals surface area contributed by atoms with E-state index in [0.717, 1.165) is 12.3 Å². The van der Waals surface area contributed by atoms with Gasteiger partial charge >= 0.3 is 6.61 Å². The van der Waals surface area contributed by atoms with Crippen LogP contribution < -0.4 is 10.1 Å². The maximum Gasteiger partial charge on any atom is 0.387 e. The quantitative estimate of drug-likeness (QED) is 0.818. The third-order valence-electron chi connectivity index (χ3n) is 2.25. The van der Waals surface area contributed by atoms with Gasteiger partial charge in [-0.15, -0.1) is 10.2 Å². The molecule has 0 saturated heterocycles. The zero-order chi connectivity index (χ0) is 15.2. The van der Waals surface area contributed by atoms with E-state index in [4.69, 9.17) is 5.26 Å². The number of ether oxygens (including phenoxy) is 1. The molecule has 0 atom stereocenters. The fourth-order valence-electron chi connectivity index (χ4n) is 1.40. The highest BCUT2D eigenvalue weighted by molar-refractivity contribution is 5.74. The van der Waals surface area contributed by atoms with Crippen molar-refractivity contribution in [2.75, 3.05) is 5.32 Å². The lowest BCUT2D eigenvalue weighted by Gasteiger charge is -2.11.